The van der Waals surface area contributed by atoms with Gasteiger partial charge in [-0.1, -0.05) is 68.1 Å². The summed E-state index contributed by atoms with van der Waals surface area (Å²) in [6.45, 7) is 4.41. The molecule has 9 nitrogen and oxygen atoms in total. The summed E-state index contributed by atoms with van der Waals surface area (Å²) in [5.41, 5.74) is 1.27. The Bertz CT molecular complexity index is 1510. The molecule has 2 aliphatic heterocycles. The number of nitrogens with zero attached hydrogens (tertiary/aromatic N) is 1. The number of carbonyl (C=O) groups is 3. The second-order valence-electron chi connectivity index (χ2n) is 12.0. The monoisotopic (exact) mass is 616 g/mol. The van der Waals surface area contributed by atoms with Crippen LogP contribution in [0.2, 0.25) is 0 Å². The van der Waals surface area contributed by atoms with Gasteiger partial charge < -0.3 is 25.8 Å². The number of likely N-dealkylation sites (N-methyl/N-ethyl adjacent to an activating group) is 1. The molecule has 5 rings (SSSR count). The predicted molar refractivity (Wildman–Crippen MR) is 171 cm³/mol. The molecule has 0 radical (unpaired) electrons. The summed E-state index contributed by atoms with van der Waals surface area (Å²) in [7, 11) is 3.40. The van der Waals surface area contributed by atoms with Crippen LogP contribution in [0.1, 0.15) is 55.1 Å². The van der Waals surface area contributed by atoms with Gasteiger partial charge in [0.1, 0.15) is 6.04 Å². The Morgan fingerprint density at radius 3 is 2.36 bits per heavy atom. The Balaban J connectivity index is 1.43. The Kier molecular flexibility index (Phi) is 9.62. The summed E-state index contributed by atoms with van der Waals surface area (Å²) < 4.78 is 5.99. The average molecular weight is 617 g/mol. The summed E-state index contributed by atoms with van der Waals surface area (Å²) >= 11 is 1.63. The molecule has 0 bridgehead atoms. The minimum Gasteiger partial charge on any atom is -0.480 e. The fraction of sp³-hybridized carbons (Fsp3) is 0.382. The van der Waals surface area contributed by atoms with Gasteiger partial charge in [0.2, 0.25) is 5.91 Å². The first-order valence-corrected chi connectivity index (χ1v) is 15.8. The molecule has 2 unspecified atom stereocenters. The van der Waals surface area contributed by atoms with E-state index in [2.05, 4.69) is 16.0 Å². The van der Waals surface area contributed by atoms with Crippen LogP contribution in [0, 0.1) is 5.92 Å². The second-order valence-corrected chi connectivity index (χ2v) is 13.1. The van der Waals surface area contributed by atoms with E-state index in [1.807, 2.05) is 74.5 Å². The van der Waals surface area contributed by atoms with Gasteiger partial charge in [0.05, 0.1) is 23.5 Å². The van der Waals surface area contributed by atoms with Gasteiger partial charge in [-0.15, -0.1) is 0 Å². The van der Waals surface area contributed by atoms with Crippen molar-refractivity contribution < 1.29 is 24.2 Å². The summed E-state index contributed by atoms with van der Waals surface area (Å²) in [5.74, 6) is -1.84. The third-order valence-electron chi connectivity index (χ3n) is 8.31. The molecule has 4 N–H and O–H groups in total. The Hall–Kier alpha value is -3.86. The number of para-hydroxylation sites is 1. The van der Waals surface area contributed by atoms with E-state index in [9.17, 15) is 19.5 Å². The van der Waals surface area contributed by atoms with E-state index in [0.717, 1.165) is 27.6 Å². The summed E-state index contributed by atoms with van der Waals surface area (Å²) in [4.78, 5) is 44.7. The highest BCUT2D eigenvalue weighted by Crippen LogP contribution is 2.44. The van der Waals surface area contributed by atoms with Gasteiger partial charge in [-0.25, -0.2) is 0 Å². The van der Waals surface area contributed by atoms with Gasteiger partial charge in [-0.05, 0) is 75.2 Å². The van der Waals surface area contributed by atoms with Crippen molar-refractivity contribution in [1.82, 2.24) is 15.5 Å². The number of nitrogens with one attached hydrogen (secondary N) is 3. The lowest BCUT2D eigenvalue weighted by molar-refractivity contribution is -0.163. The van der Waals surface area contributed by atoms with Crippen LogP contribution in [-0.2, 0) is 14.3 Å². The van der Waals surface area contributed by atoms with E-state index in [1.54, 1.807) is 42.9 Å². The van der Waals surface area contributed by atoms with Gasteiger partial charge in [-0.3, -0.25) is 19.3 Å². The van der Waals surface area contributed by atoms with Crippen LogP contribution in [0.4, 0.5) is 11.4 Å². The van der Waals surface area contributed by atoms with E-state index in [4.69, 9.17) is 4.74 Å². The van der Waals surface area contributed by atoms with E-state index >= 15 is 0 Å². The molecular weight excluding hydrogens is 576 g/mol. The molecule has 1 fully saturated rings. The van der Waals surface area contributed by atoms with Crippen molar-refractivity contribution in [3.63, 3.8) is 0 Å². The first kappa shape index (κ1) is 31.6. The third-order valence-corrected chi connectivity index (χ3v) is 9.46. The lowest BCUT2D eigenvalue weighted by Crippen LogP contribution is -2.67. The van der Waals surface area contributed by atoms with Crippen LogP contribution in [-0.4, -0.2) is 66.2 Å². The molecular formula is C34H40N4O5S. The fourth-order valence-corrected chi connectivity index (χ4v) is 7.14. The number of benzene rings is 3. The number of rotatable bonds is 11. The van der Waals surface area contributed by atoms with E-state index in [-0.39, 0.29) is 11.8 Å². The van der Waals surface area contributed by atoms with Gasteiger partial charge in [0, 0.05) is 22.0 Å². The molecule has 0 spiro atoms. The van der Waals surface area contributed by atoms with Crippen molar-refractivity contribution in [2.24, 2.45) is 5.92 Å². The van der Waals surface area contributed by atoms with Gasteiger partial charge in [0.25, 0.3) is 5.91 Å². The van der Waals surface area contributed by atoms with Crippen molar-refractivity contribution in [2.45, 2.75) is 66.6 Å². The third kappa shape index (κ3) is 6.33. The van der Waals surface area contributed by atoms with Crippen LogP contribution < -0.4 is 16.0 Å². The van der Waals surface area contributed by atoms with E-state index in [1.165, 1.54) is 0 Å². The molecule has 3 aromatic rings. The van der Waals surface area contributed by atoms with Crippen molar-refractivity contribution in [2.75, 3.05) is 26.0 Å². The summed E-state index contributed by atoms with van der Waals surface area (Å²) in [5, 5.41) is 20.2. The number of carboxylic acids is 1. The average Bonchev–Trinajstić information content (AvgIpc) is 3.54. The Morgan fingerprint density at radius 2 is 1.70 bits per heavy atom. The van der Waals surface area contributed by atoms with Crippen molar-refractivity contribution in [1.29, 1.82) is 0 Å². The number of ether oxygens (including phenoxy) is 1. The minimum atomic E-state index is -1.59. The molecule has 2 amide bonds. The highest BCUT2D eigenvalue weighted by Gasteiger charge is 2.57. The van der Waals surface area contributed by atoms with Crippen molar-refractivity contribution >= 4 is 40.9 Å². The zero-order chi connectivity index (χ0) is 31.4. The van der Waals surface area contributed by atoms with Crippen LogP contribution in [0.15, 0.2) is 82.6 Å². The van der Waals surface area contributed by atoms with Crippen LogP contribution in [0.25, 0.3) is 0 Å². The van der Waals surface area contributed by atoms with E-state index < -0.39 is 35.6 Å². The normalized spacial score (nSPS) is 18.4. The van der Waals surface area contributed by atoms with Gasteiger partial charge in [0.15, 0.2) is 5.54 Å². The second kappa shape index (κ2) is 13.4. The van der Waals surface area contributed by atoms with Crippen LogP contribution >= 0.6 is 11.8 Å². The molecule has 2 aliphatic rings. The topological polar surface area (TPSA) is 120 Å². The number of carboxylic acid groups (broad SMARTS) is 1. The first-order chi connectivity index (χ1) is 21.1. The summed E-state index contributed by atoms with van der Waals surface area (Å²) in [6, 6.07) is 20.7. The van der Waals surface area contributed by atoms with Gasteiger partial charge >= 0.3 is 5.97 Å². The Morgan fingerprint density at radius 1 is 1.00 bits per heavy atom. The predicted octanol–water partition coefficient (Wildman–Crippen LogP) is 5.46. The van der Waals surface area contributed by atoms with E-state index in [0.29, 0.717) is 30.6 Å². The van der Waals surface area contributed by atoms with Crippen LogP contribution in [0.3, 0.4) is 0 Å². The summed E-state index contributed by atoms with van der Waals surface area (Å²) in [6.07, 6.45) is 0.998. The molecule has 4 atom stereocenters. The highest BCUT2D eigenvalue weighted by molar-refractivity contribution is 7.99. The standard InChI is InChI=1S/C34H40N4O5S/c1-21(2)19-26(36-31(39)23-16-17-28-25(20-23)35-24-13-8-9-14-27(24)44-28)32(40)37-30(22-11-6-5-7-12-22)34(33(41)42,38(3)4)29-15-10-18-43-29/h5-9,11-14,16-17,20-21,26,29-30,35H,10,15,18-19H2,1-4H3,(H,36,39)(H,37,40)(H,41,42)/t26-,29?,30?,34+/m0/s1. The number of hydrogen-bond acceptors (Lipinski definition) is 7. The molecule has 44 heavy (non-hydrogen) atoms. The lowest BCUT2D eigenvalue weighted by Gasteiger charge is -2.46. The molecule has 2 heterocycles. The number of fused-ring (bicyclic) bond motifs is 2. The molecule has 3 aromatic carbocycles. The number of amides is 2. The maximum atomic E-state index is 14.1. The first-order valence-electron chi connectivity index (χ1n) is 15.0. The van der Waals surface area contributed by atoms with Crippen molar-refractivity contribution in [3.8, 4) is 0 Å². The highest BCUT2D eigenvalue weighted by atomic mass is 32.2. The number of aliphatic carboxylic acids is 1. The quantitative estimate of drug-likeness (QED) is 0.175. The minimum absolute atomic E-state index is 0.0792. The molecule has 232 valence electrons. The molecule has 10 heteroatoms. The number of hydrogen-bond donors (Lipinski definition) is 4. The smallest absolute Gasteiger partial charge is 0.329 e. The van der Waals surface area contributed by atoms with Gasteiger partial charge in [-0.2, -0.15) is 0 Å². The maximum absolute atomic E-state index is 14.1. The molecule has 1 saturated heterocycles. The van der Waals surface area contributed by atoms with Crippen LogP contribution in [0.5, 0.6) is 0 Å². The SMILES string of the molecule is CC(C)C[C@H](NC(=O)c1ccc2c(c1)Nc1ccccc1S2)C(=O)NC(c1ccccc1)[C@@](C(=O)O)(C1CCCO1)N(C)C. The number of anilines is 2. The number of carbonyl (C=O) groups excluding carboxylic acids is 2. The molecule has 0 aliphatic carbocycles. The zero-order valence-corrected chi connectivity index (χ0v) is 26.3. The largest absolute Gasteiger partial charge is 0.480 e. The maximum Gasteiger partial charge on any atom is 0.329 e. The molecule has 0 aromatic heterocycles. The molecule has 0 saturated carbocycles. The lowest BCUT2D eigenvalue weighted by atomic mass is 9.78. The van der Waals surface area contributed by atoms with Crippen molar-refractivity contribution in [3.05, 3.63) is 83.9 Å². The fourth-order valence-electron chi connectivity index (χ4n) is 6.17. The zero-order valence-electron chi connectivity index (χ0n) is 25.5. The Labute approximate surface area is 262 Å².